The van der Waals surface area contributed by atoms with Gasteiger partial charge in [-0.1, -0.05) is 12.8 Å². The van der Waals surface area contributed by atoms with Crippen LogP contribution in [0.5, 0.6) is 0 Å². The number of aliphatic hydroxyl groups excluding tert-OH is 2. The van der Waals surface area contributed by atoms with Gasteiger partial charge >= 0.3 is 17.9 Å². The van der Waals surface area contributed by atoms with Gasteiger partial charge in [-0.15, -0.1) is 49.4 Å². The van der Waals surface area contributed by atoms with Gasteiger partial charge in [-0.05, 0) is 58.4 Å². The fourth-order valence-electron chi connectivity index (χ4n) is 5.11. The Hall–Kier alpha value is -3.59. The second-order valence-electron chi connectivity index (χ2n) is 12.2. The number of carbonyl (C=O) groups excluding carboxylic acids is 3. The average molecular weight is 730 g/mol. The molecule has 0 aliphatic rings. The Balaban J connectivity index is 5.34. The SMILES string of the molecule is C#CCCOC(=O)CCN(CCCN(CCCCCCO)CCCN(CCC(=O)OCCC#C)CCC(O)OCCC#C)CCC(=O)OCCC#C. The van der Waals surface area contributed by atoms with Crippen LogP contribution in [0.4, 0.5) is 0 Å². The molecule has 0 saturated carbocycles. The Bertz CT molecular complexity index is 1070. The van der Waals surface area contributed by atoms with Crippen LogP contribution in [-0.2, 0) is 33.3 Å². The van der Waals surface area contributed by atoms with Gasteiger partial charge in [0, 0.05) is 64.9 Å². The van der Waals surface area contributed by atoms with Gasteiger partial charge < -0.3 is 43.9 Å². The highest BCUT2D eigenvalue weighted by atomic mass is 16.6. The van der Waals surface area contributed by atoms with Crippen LogP contribution in [0, 0.1) is 49.4 Å². The second-order valence-corrected chi connectivity index (χ2v) is 12.2. The van der Waals surface area contributed by atoms with E-state index in [1.807, 2.05) is 0 Å². The lowest BCUT2D eigenvalue weighted by molar-refractivity contribution is -0.145. The van der Waals surface area contributed by atoms with Crippen molar-refractivity contribution in [2.75, 3.05) is 91.9 Å². The van der Waals surface area contributed by atoms with Crippen LogP contribution in [0.25, 0.3) is 0 Å². The van der Waals surface area contributed by atoms with E-state index in [0.717, 1.165) is 58.2 Å². The first-order chi connectivity index (χ1) is 25.3. The summed E-state index contributed by atoms with van der Waals surface area (Å²) in [5.41, 5.74) is 0. The van der Waals surface area contributed by atoms with Crippen LogP contribution < -0.4 is 0 Å². The van der Waals surface area contributed by atoms with Crippen molar-refractivity contribution in [3.63, 3.8) is 0 Å². The lowest BCUT2D eigenvalue weighted by atomic mass is 10.2. The zero-order valence-electron chi connectivity index (χ0n) is 31.3. The first kappa shape index (κ1) is 48.4. The Morgan fingerprint density at radius 1 is 0.500 bits per heavy atom. The zero-order valence-corrected chi connectivity index (χ0v) is 31.3. The third-order valence-electron chi connectivity index (χ3n) is 7.95. The molecule has 0 aromatic carbocycles. The molecule has 1 unspecified atom stereocenters. The molecule has 0 rings (SSSR count). The molecule has 1 atom stereocenters. The summed E-state index contributed by atoms with van der Waals surface area (Å²) in [7, 11) is 0. The maximum Gasteiger partial charge on any atom is 0.307 e. The van der Waals surface area contributed by atoms with Crippen LogP contribution in [-0.4, -0.2) is 141 Å². The average Bonchev–Trinajstić information content (AvgIpc) is 3.13. The van der Waals surface area contributed by atoms with Crippen molar-refractivity contribution in [3.8, 4) is 49.4 Å². The van der Waals surface area contributed by atoms with Gasteiger partial charge in [-0.2, -0.15) is 0 Å². The summed E-state index contributed by atoms with van der Waals surface area (Å²) in [4.78, 5) is 43.4. The highest BCUT2D eigenvalue weighted by molar-refractivity contribution is 5.70. The summed E-state index contributed by atoms with van der Waals surface area (Å²) >= 11 is 0. The van der Waals surface area contributed by atoms with E-state index in [9.17, 15) is 24.6 Å². The van der Waals surface area contributed by atoms with Gasteiger partial charge in [-0.25, -0.2) is 0 Å². The number of hydrogen-bond donors (Lipinski definition) is 2. The molecule has 292 valence electrons. The normalized spacial score (nSPS) is 11.4. The van der Waals surface area contributed by atoms with Crippen molar-refractivity contribution in [1.82, 2.24) is 14.7 Å². The molecule has 12 heteroatoms. The predicted molar refractivity (Wildman–Crippen MR) is 201 cm³/mol. The molecule has 2 N–H and O–H groups in total. The summed E-state index contributed by atoms with van der Waals surface area (Å²) in [6.07, 6.45) is 27.9. The Labute approximate surface area is 313 Å². The predicted octanol–water partition coefficient (Wildman–Crippen LogP) is 2.84. The lowest BCUT2D eigenvalue weighted by Gasteiger charge is -2.28. The van der Waals surface area contributed by atoms with E-state index in [-0.39, 0.29) is 70.2 Å². The van der Waals surface area contributed by atoms with Crippen molar-refractivity contribution in [1.29, 1.82) is 0 Å². The van der Waals surface area contributed by atoms with E-state index in [1.54, 1.807) is 0 Å². The van der Waals surface area contributed by atoms with Crippen LogP contribution >= 0.6 is 0 Å². The van der Waals surface area contributed by atoms with Crippen LogP contribution in [0.1, 0.15) is 89.9 Å². The zero-order chi connectivity index (χ0) is 38.5. The summed E-state index contributed by atoms with van der Waals surface area (Å²) in [6, 6.07) is 0. The summed E-state index contributed by atoms with van der Waals surface area (Å²) in [5.74, 6) is 8.85. The first-order valence-corrected chi connectivity index (χ1v) is 18.6. The summed E-state index contributed by atoms with van der Waals surface area (Å²) in [5, 5.41) is 19.4. The molecule has 0 aromatic heterocycles. The van der Waals surface area contributed by atoms with Crippen molar-refractivity contribution in [2.24, 2.45) is 0 Å². The molecule has 0 spiro atoms. The van der Waals surface area contributed by atoms with Gasteiger partial charge in [-0.3, -0.25) is 14.4 Å². The molecule has 0 aliphatic heterocycles. The van der Waals surface area contributed by atoms with E-state index in [1.165, 1.54) is 0 Å². The van der Waals surface area contributed by atoms with Crippen LogP contribution in [0.3, 0.4) is 0 Å². The second kappa shape index (κ2) is 35.8. The number of esters is 3. The molecule has 0 saturated heterocycles. The van der Waals surface area contributed by atoms with E-state index in [2.05, 4.69) is 38.4 Å². The molecule has 0 aliphatic carbocycles. The number of carbonyl (C=O) groups is 3. The van der Waals surface area contributed by atoms with Gasteiger partial charge in [0.05, 0.1) is 25.9 Å². The minimum absolute atomic E-state index is 0.180. The minimum atomic E-state index is -0.952. The van der Waals surface area contributed by atoms with E-state index in [0.29, 0.717) is 71.4 Å². The Kier molecular flexibility index (Phi) is 33.3. The van der Waals surface area contributed by atoms with Gasteiger partial charge in [0.1, 0.15) is 19.8 Å². The van der Waals surface area contributed by atoms with Crippen LogP contribution in [0.15, 0.2) is 0 Å². The molecule has 0 fully saturated rings. The number of terminal acetylenes is 4. The molecular weight excluding hydrogens is 666 g/mol. The fourth-order valence-corrected chi connectivity index (χ4v) is 5.11. The molecular formula is C40H63N3O9. The highest BCUT2D eigenvalue weighted by Crippen LogP contribution is 2.08. The molecule has 0 bridgehead atoms. The lowest BCUT2D eigenvalue weighted by Crippen LogP contribution is -2.36. The van der Waals surface area contributed by atoms with Crippen LogP contribution in [0.2, 0.25) is 0 Å². The third-order valence-corrected chi connectivity index (χ3v) is 7.95. The van der Waals surface area contributed by atoms with Gasteiger partial charge in [0.15, 0.2) is 6.29 Å². The highest BCUT2D eigenvalue weighted by Gasteiger charge is 2.16. The largest absolute Gasteiger partial charge is 0.465 e. The number of nitrogens with zero attached hydrogens (tertiary/aromatic N) is 3. The third kappa shape index (κ3) is 31.2. The van der Waals surface area contributed by atoms with Gasteiger partial charge in [0.25, 0.3) is 0 Å². The van der Waals surface area contributed by atoms with E-state index in [4.69, 9.17) is 44.6 Å². The maximum absolute atomic E-state index is 12.3. The first-order valence-electron chi connectivity index (χ1n) is 18.6. The fraction of sp³-hybridized carbons (Fsp3) is 0.725. The number of unbranched alkanes of at least 4 members (excludes halogenated alkanes) is 3. The maximum atomic E-state index is 12.3. The Morgan fingerprint density at radius 3 is 1.29 bits per heavy atom. The summed E-state index contributed by atoms with van der Waals surface area (Å²) < 4.78 is 21.0. The quantitative estimate of drug-likeness (QED) is 0.0326. The van der Waals surface area contributed by atoms with Crippen molar-refractivity contribution >= 4 is 17.9 Å². The van der Waals surface area contributed by atoms with E-state index >= 15 is 0 Å². The monoisotopic (exact) mass is 729 g/mol. The summed E-state index contributed by atoms with van der Waals surface area (Å²) in [6.45, 7) is 6.75. The molecule has 12 nitrogen and oxygen atoms in total. The molecule has 0 amide bonds. The standard InChI is InChI=1S/C40H63N3O9/c1-5-9-33-49-37(45)19-28-42(29-20-38(46)50-34-10-6-2)26-17-24-41(23-15-13-14-16-32-44)25-18-27-43(30-21-39(47)51-35-11-7-3)31-22-40(48)52-36-12-8-4/h1-4,37,44-45H,9-36H2. The van der Waals surface area contributed by atoms with E-state index < -0.39 is 6.29 Å². The Morgan fingerprint density at radius 2 is 0.865 bits per heavy atom. The van der Waals surface area contributed by atoms with Crippen molar-refractivity contribution in [2.45, 2.75) is 96.2 Å². The molecule has 0 aromatic rings. The number of rotatable bonds is 35. The minimum Gasteiger partial charge on any atom is -0.465 e. The van der Waals surface area contributed by atoms with Crippen molar-refractivity contribution < 1.29 is 43.5 Å². The molecule has 0 radical (unpaired) electrons. The van der Waals surface area contributed by atoms with Crippen molar-refractivity contribution in [3.05, 3.63) is 0 Å². The number of aliphatic hydroxyl groups is 2. The molecule has 52 heavy (non-hydrogen) atoms. The number of ether oxygens (including phenoxy) is 4. The smallest absolute Gasteiger partial charge is 0.307 e. The van der Waals surface area contributed by atoms with Gasteiger partial charge in [0.2, 0.25) is 0 Å². The molecule has 0 heterocycles. The number of hydrogen-bond acceptors (Lipinski definition) is 12. The topological polar surface area (TPSA) is 138 Å².